The number of hydroxylamine groups is 1. The third-order valence-corrected chi connectivity index (χ3v) is 8.76. The molecule has 2 unspecified atom stereocenters. The summed E-state index contributed by atoms with van der Waals surface area (Å²) in [6.45, 7) is 0.232. The predicted molar refractivity (Wildman–Crippen MR) is 130 cm³/mol. The molecule has 0 bridgehead atoms. The molecule has 186 valence electrons. The molecule has 0 N–H and O–H groups in total. The summed E-state index contributed by atoms with van der Waals surface area (Å²) in [5.41, 5.74) is 1.30. The van der Waals surface area contributed by atoms with Gasteiger partial charge in [0.25, 0.3) is 5.91 Å². The summed E-state index contributed by atoms with van der Waals surface area (Å²) >= 11 is 0. The van der Waals surface area contributed by atoms with Gasteiger partial charge in [-0.1, -0.05) is 84.4 Å². The number of piperazine rings is 1. The van der Waals surface area contributed by atoms with Gasteiger partial charge in [0, 0.05) is 6.54 Å². The zero-order valence-corrected chi connectivity index (χ0v) is 20.5. The van der Waals surface area contributed by atoms with Crippen molar-refractivity contribution in [3.8, 4) is 0 Å². The minimum Gasteiger partial charge on any atom is -0.337 e. The molecule has 3 fully saturated rings. The van der Waals surface area contributed by atoms with Crippen LogP contribution < -0.4 is 0 Å². The Morgan fingerprint density at radius 1 is 0.886 bits per heavy atom. The van der Waals surface area contributed by atoms with E-state index in [4.69, 9.17) is 4.84 Å². The molecule has 0 aromatic heterocycles. The summed E-state index contributed by atoms with van der Waals surface area (Å²) in [5, 5.41) is 0. The van der Waals surface area contributed by atoms with Gasteiger partial charge in [-0.3, -0.25) is 14.4 Å². The van der Waals surface area contributed by atoms with Crippen LogP contribution in [0, 0.1) is 5.92 Å². The summed E-state index contributed by atoms with van der Waals surface area (Å²) < 4.78 is 28.0. The van der Waals surface area contributed by atoms with Gasteiger partial charge in [-0.05, 0) is 29.9 Å². The van der Waals surface area contributed by atoms with E-state index in [0.29, 0.717) is 23.6 Å². The van der Waals surface area contributed by atoms with Gasteiger partial charge in [-0.15, -0.1) is 0 Å². The van der Waals surface area contributed by atoms with Crippen molar-refractivity contribution in [3.05, 3.63) is 71.8 Å². The van der Waals surface area contributed by atoms with Gasteiger partial charge < -0.3 is 9.80 Å². The molecule has 2 aromatic carbocycles. The van der Waals surface area contributed by atoms with E-state index in [2.05, 4.69) is 0 Å². The summed E-state index contributed by atoms with van der Waals surface area (Å²) in [6.07, 6.45) is 4.68. The monoisotopic (exact) mass is 497 g/mol. The average molecular weight is 498 g/mol. The average Bonchev–Trinajstić information content (AvgIpc) is 2.86. The van der Waals surface area contributed by atoms with Gasteiger partial charge in [-0.25, -0.2) is 8.42 Å². The molecular weight excluding hydrogens is 466 g/mol. The summed E-state index contributed by atoms with van der Waals surface area (Å²) in [6, 6.07) is 17.1. The van der Waals surface area contributed by atoms with E-state index >= 15 is 0 Å². The molecule has 5 rings (SSSR count). The summed E-state index contributed by atoms with van der Waals surface area (Å²) in [4.78, 5) is 35.6. The maximum absolute atomic E-state index is 13.8. The fourth-order valence-corrected chi connectivity index (χ4v) is 6.99. The lowest BCUT2D eigenvalue weighted by Crippen LogP contribution is -2.69. The molecule has 8 nitrogen and oxygen atoms in total. The van der Waals surface area contributed by atoms with E-state index in [9.17, 15) is 18.0 Å². The lowest BCUT2D eigenvalue weighted by Gasteiger charge is -2.51. The van der Waals surface area contributed by atoms with E-state index in [-0.39, 0.29) is 24.1 Å². The smallest absolute Gasteiger partial charge is 0.253 e. The molecule has 2 heterocycles. The van der Waals surface area contributed by atoms with Gasteiger partial charge in [0.2, 0.25) is 15.9 Å². The third-order valence-electron chi connectivity index (χ3n) is 7.16. The first-order valence-corrected chi connectivity index (χ1v) is 13.9. The van der Waals surface area contributed by atoms with Gasteiger partial charge in [0.15, 0.2) is 0 Å². The van der Waals surface area contributed by atoms with Crippen LogP contribution in [-0.4, -0.2) is 60.4 Å². The van der Waals surface area contributed by atoms with Gasteiger partial charge in [-0.2, -0.15) is 0 Å². The SMILES string of the molecule is O=C1C(c2ccccc2)N2C(=O)CON(S(=O)(=O)Cc3ccccc3)C2CN1CC1CCCCC1. The molecule has 0 radical (unpaired) electrons. The highest BCUT2D eigenvalue weighted by molar-refractivity contribution is 7.88. The summed E-state index contributed by atoms with van der Waals surface area (Å²) in [5.74, 6) is -0.418. The fraction of sp³-hybridized carbons (Fsp3) is 0.462. The topological polar surface area (TPSA) is 87.2 Å². The molecule has 2 aliphatic heterocycles. The van der Waals surface area contributed by atoms with E-state index in [1.165, 1.54) is 11.3 Å². The lowest BCUT2D eigenvalue weighted by atomic mass is 9.88. The van der Waals surface area contributed by atoms with Crippen LogP contribution in [0.4, 0.5) is 0 Å². The molecule has 2 atom stereocenters. The Bertz CT molecular complexity index is 1150. The number of hydrogen-bond acceptors (Lipinski definition) is 5. The van der Waals surface area contributed by atoms with Crippen molar-refractivity contribution in [2.24, 2.45) is 5.92 Å². The predicted octanol–water partition coefficient (Wildman–Crippen LogP) is 3.08. The number of carbonyl (C=O) groups excluding carboxylic acids is 2. The number of nitrogens with zero attached hydrogens (tertiary/aromatic N) is 3. The van der Waals surface area contributed by atoms with Crippen molar-refractivity contribution >= 4 is 21.8 Å². The molecule has 9 heteroatoms. The molecule has 3 aliphatic rings. The van der Waals surface area contributed by atoms with E-state index < -0.39 is 28.8 Å². The van der Waals surface area contributed by atoms with Crippen LogP contribution in [0.5, 0.6) is 0 Å². The fourth-order valence-electron chi connectivity index (χ4n) is 5.50. The Morgan fingerprint density at radius 3 is 2.23 bits per heavy atom. The first-order chi connectivity index (χ1) is 16.9. The van der Waals surface area contributed by atoms with Crippen LogP contribution >= 0.6 is 0 Å². The van der Waals surface area contributed by atoms with Crippen LogP contribution in [0.25, 0.3) is 0 Å². The second-order valence-electron chi connectivity index (χ2n) is 9.61. The van der Waals surface area contributed by atoms with E-state index in [0.717, 1.165) is 30.2 Å². The van der Waals surface area contributed by atoms with Crippen LogP contribution in [-0.2, 0) is 30.2 Å². The Hall–Kier alpha value is -2.75. The van der Waals surface area contributed by atoms with Crippen molar-refractivity contribution in [1.29, 1.82) is 0 Å². The van der Waals surface area contributed by atoms with Gasteiger partial charge >= 0.3 is 0 Å². The number of hydrogen-bond donors (Lipinski definition) is 0. The number of amides is 2. The minimum absolute atomic E-state index is 0.0957. The zero-order valence-electron chi connectivity index (χ0n) is 19.7. The van der Waals surface area contributed by atoms with Crippen LogP contribution in [0.2, 0.25) is 0 Å². The minimum atomic E-state index is -3.93. The highest BCUT2D eigenvalue weighted by Crippen LogP contribution is 2.36. The maximum atomic E-state index is 13.8. The highest BCUT2D eigenvalue weighted by atomic mass is 32.2. The lowest BCUT2D eigenvalue weighted by molar-refractivity contribution is -0.223. The molecule has 2 aromatic rings. The Balaban J connectivity index is 1.49. The van der Waals surface area contributed by atoms with Crippen molar-refractivity contribution in [3.63, 3.8) is 0 Å². The number of fused-ring (bicyclic) bond motifs is 1. The third kappa shape index (κ3) is 4.98. The standard InChI is InChI=1S/C26H31N3O5S/c30-24-18-34-29(35(32,33)19-21-12-6-2-7-13-21)23-17-27(16-20-10-4-1-5-11-20)26(31)25(28(23)24)22-14-8-3-9-15-22/h2-3,6-9,12-15,20,23,25H,1,4-5,10-11,16-19H2. The van der Waals surface area contributed by atoms with Crippen LogP contribution in [0.1, 0.15) is 49.3 Å². The highest BCUT2D eigenvalue weighted by Gasteiger charge is 2.52. The number of carbonyl (C=O) groups is 2. The Labute approximate surface area is 206 Å². The molecule has 35 heavy (non-hydrogen) atoms. The number of benzene rings is 2. The quantitative estimate of drug-likeness (QED) is 0.612. The summed E-state index contributed by atoms with van der Waals surface area (Å²) in [7, 11) is -3.93. The maximum Gasteiger partial charge on any atom is 0.253 e. The molecule has 2 amide bonds. The number of rotatable bonds is 6. The van der Waals surface area contributed by atoms with E-state index in [1.807, 2.05) is 36.4 Å². The second kappa shape index (κ2) is 10.1. The van der Waals surface area contributed by atoms with E-state index in [1.54, 1.807) is 29.2 Å². The van der Waals surface area contributed by atoms with Crippen molar-refractivity contribution < 1.29 is 22.8 Å². The normalized spacial score (nSPS) is 24.5. The Morgan fingerprint density at radius 2 is 1.54 bits per heavy atom. The first-order valence-electron chi connectivity index (χ1n) is 12.3. The molecule has 1 aliphatic carbocycles. The van der Waals surface area contributed by atoms with Crippen LogP contribution in [0.15, 0.2) is 60.7 Å². The first kappa shape index (κ1) is 24.0. The molecule has 0 spiro atoms. The molecule has 1 saturated carbocycles. The van der Waals surface area contributed by atoms with Crippen molar-refractivity contribution in [1.82, 2.24) is 14.3 Å². The molecule has 2 saturated heterocycles. The van der Waals surface area contributed by atoms with Gasteiger partial charge in [0.1, 0.15) is 18.8 Å². The van der Waals surface area contributed by atoms with Crippen LogP contribution in [0.3, 0.4) is 0 Å². The van der Waals surface area contributed by atoms with Crippen molar-refractivity contribution in [2.75, 3.05) is 19.7 Å². The second-order valence-corrected chi connectivity index (χ2v) is 11.4. The Kier molecular flexibility index (Phi) is 6.91. The zero-order chi connectivity index (χ0) is 24.4. The molecular formula is C26H31N3O5S. The van der Waals surface area contributed by atoms with Gasteiger partial charge in [0.05, 0.1) is 12.3 Å². The number of sulfonamides is 1. The largest absolute Gasteiger partial charge is 0.337 e. The van der Waals surface area contributed by atoms with Crippen molar-refractivity contribution in [2.45, 2.75) is 50.1 Å².